The zero-order chi connectivity index (χ0) is 19.3. The third kappa shape index (κ3) is 5.10. The lowest BCUT2D eigenvalue weighted by Gasteiger charge is -2.42. The topological polar surface area (TPSA) is 65.5 Å². The average molecular weight is 385 g/mol. The van der Waals surface area contributed by atoms with E-state index in [1.165, 1.54) is 12.8 Å². The van der Waals surface area contributed by atoms with Gasteiger partial charge in [-0.25, -0.2) is 0 Å². The Hall–Kier alpha value is -1.95. The molecule has 0 radical (unpaired) electrons. The van der Waals surface area contributed by atoms with Crippen LogP contribution in [0, 0.1) is 11.8 Å². The molecule has 0 bridgehead atoms. The molecule has 2 aliphatic heterocycles. The maximum absolute atomic E-state index is 12.6. The molecule has 152 valence electrons. The van der Waals surface area contributed by atoms with Gasteiger partial charge in [0.05, 0.1) is 5.92 Å². The van der Waals surface area contributed by atoms with Crippen molar-refractivity contribution in [3.8, 4) is 0 Å². The highest BCUT2D eigenvalue weighted by atomic mass is 16.2. The van der Waals surface area contributed by atoms with Crippen LogP contribution in [0.25, 0.3) is 0 Å². The molecule has 1 aliphatic carbocycles. The van der Waals surface area contributed by atoms with E-state index in [0.717, 1.165) is 63.8 Å². The number of aromatic nitrogens is 1. The van der Waals surface area contributed by atoms with Gasteiger partial charge in [0.2, 0.25) is 11.8 Å². The fraction of sp³-hybridized carbons (Fsp3) is 0.682. The number of carbonyl (C=O) groups is 2. The molecule has 3 aliphatic rings. The summed E-state index contributed by atoms with van der Waals surface area (Å²) in [5.74, 6) is 1.25. The first kappa shape index (κ1) is 19.4. The summed E-state index contributed by atoms with van der Waals surface area (Å²) in [4.78, 5) is 33.6. The van der Waals surface area contributed by atoms with Crippen molar-refractivity contribution in [1.29, 1.82) is 0 Å². The van der Waals surface area contributed by atoms with E-state index < -0.39 is 0 Å². The molecule has 1 saturated carbocycles. The molecule has 1 atom stereocenters. The molecule has 0 aromatic carbocycles. The number of hydrogen-bond donors (Lipinski definition) is 1. The van der Waals surface area contributed by atoms with Crippen LogP contribution in [0.15, 0.2) is 24.5 Å². The molecule has 0 spiro atoms. The summed E-state index contributed by atoms with van der Waals surface area (Å²) in [5, 5.41) is 3.08. The van der Waals surface area contributed by atoms with E-state index in [-0.39, 0.29) is 11.8 Å². The molecule has 1 aromatic heterocycles. The SMILES string of the molecule is O=C(NCc1cccnc1)[C@@H]1CCCN(C2CCN(C(=O)CC3CC3)CC2)C1. The van der Waals surface area contributed by atoms with Gasteiger partial charge in [-0.3, -0.25) is 19.5 Å². The van der Waals surface area contributed by atoms with Gasteiger partial charge in [0.1, 0.15) is 0 Å². The van der Waals surface area contributed by atoms with Gasteiger partial charge in [-0.2, -0.15) is 0 Å². The number of nitrogens with zero attached hydrogens (tertiary/aromatic N) is 3. The highest BCUT2D eigenvalue weighted by molar-refractivity contribution is 5.79. The molecule has 3 fully saturated rings. The monoisotopic (exact) mass is 384 g/mol. The number of nitrogens with one attached hydrogen (secondary N) is 1. The molecule has 3 heterocycles. The summed E-state index contributed by atoms with van der Waals surface area (Å²) in [7, 11) is 0. The molecular weight excluding hydrogens is 352 g/mol. The van der Waals surface area contributed by atoms with Crippen molar-refractivity contribution >= 4 is 11.8 Å². The van der Waals surface area contributed by atoms with E-state index in [4.69, 9.17) is 0 Å². The first-order chi connectivity index (χ1) is 13.7. The van der Waals surface area contributed by atoms with Crippen molar-refractivity contribution in [2.45, 2.75) is 57.5 Å². The van der Waals surface area contributed by atoms with E-state index in [1.807, 2.05) is 12.1 Å². The third-order valence-corrected chi connectivity index (χ3v) is 6.51. The lowest BCUT2D eigenvalue weighted by molar-refractivity contribution is -0.133. The van der Waals surface area contributed by atoms with Gasteiger partial charge in [-0.05, 0) is 62.6 Å². The fourth-order valence-corrected chi connectivity index (χ4v) is 4.57. The predicted octanol–water partition coefficient (Wildman–Crippen LogP) is 2.20. The average Bonchev–Trinajstić information content (AvgIpc) is 3.57. The Morgan fingerprint density at radius 2 is 1.93 bits per heavy atom. The number of hydrogen-bond acceptors (Lipinski definition) is 4. The summed E-state index contributed by atoms with van der Waals surface area (Å²) in [6.07, 6.45) is 10.9. The second-order valence-corrected chi connectivity index (χ2v) is 8.67. The van der Waals surface area contributed by atoms with Gasteiger partial charge in [0, 0.05) is 51.0 Å². The van der Waals surface area contributed by atoms with Crippen molar-refractivity contribution in [2.24, 2.45) is 11.8 Å². The van der Waals surface area contributed by atoms with Crippen LogP contribution in [0.5, 0.6) is 0 Å². The normalized spacial score (nSPS) is 24.1. The van der Waals surface area contributed by atoms with Gasteiger partial charge in [-0.15, -0.1) is 0 Å². The standard InChI is InChI=1S/C22H32N4O2/c27-21(13-17-5-6-17)25-11-7-20(8-12-25)26-10-2-4-19(16-26)22(28)24-15-18-3-1-9-23-14-18/h1,3,9,14,17,19-20H,2,4-8,10-13,15-16H2,(H,24,28)/t19-/m1/s1. The van der Waals surface area contributed by atoms with E-state index in [1.54, 1.807) is 12.4 Å². The van der Waals surface area contributed by atoms with Crippen molar-refractivity contribution in [2.75, 3.05) is 26.2 Å². The lowest BCUT2D eigenvalue weighted by Crippen LogP contribution is -2.51. The number of amides is 2. The van der Waals surface area contributed by atoms with Crippen LogP contribution in [0.3, 0.4) is 0 Å². The molecule has 2 saturated heterocycles. The van der Waals surface area contributed by atoms with Crippen molar-refractivity contribution in [1.82, 2.24) is 20.1 Å². The van der Waals surface area contributed by atoms with Gasteiger partial charge < -0.3 is 10.2 Å². The largest absolute Gasteiger partial charge is 0.352 e. The Morgan fingerprint density at radius 1 is 1.11 bits per heavy atom. The minimum absolute atomic E-state index is 0.0694. The first-order valence-corrected chi connectivity index (χ1v) is 10.9. The second-order valence-electron chi connectivity index (χ2n) is 8.67. The molecule has 6 nitrogen and oxygen atoms in total. The van der Waals surface area contributed by atoms with E-state index in [0.29, 0.717) is 24.4 Å². The first-order valence-electron chi connectivity index (χ1n) is 10.9. The summed E-state index contributed by atoms with van der Waals surface area (Å²) < 4.78 is 0. The number of pyridine rings is 1. The Bertz CT molecular complexity index is 668. The van der Waals surface area contributed by atoms with Crippen LogP contribution in [0.4, 0.5) is 0 Å². The van der Waals surface area contributed by atoms with Gasteiger partial charge in [0.25, 0.3) is 0 Å². The van der Waals surface area contributed by atoms with Gasteiger partial charge in [0.15, 0.2) is 0 Å². The van der Waals surface area contributed by atoms with Crippen molar-refractivity contribution in [3.05, 3.63) is 30.1 Å². The molecule has 1 N–H and O–H groups in total. The maximum Gasteiger partial charge on any atom is 0.224 e. The van der Waals surface area contributed by atoms with Crippen LogP contribution < -0.4 is 5.32 Å². The van der Waals surface area contributed by atoms with Crippen LogP contribution in [-0.2, 0) is 16.1 Å². The number of piperidine rings is 2. The molecule has 6 heteroatoms. The Kier molecular flexibility index (Phi) is 6.25. The van der Waals surface area contributed by atoms with Crippen molar-refractivity contribution < 1.29 is 9.59 Å². The fourth-order valence-electron chi connectivity index (χ4n) is 4.57. The van der Waals surface area contributed by atoms with Gasteiger partial charge in [-0.1, -0.05) is 6.07 Å². The highest BCUT2D eigenvalue weighted by Gasteiger charge is 2.33. The molecule has 1 aromatic rings. The third-order valence-electron chi connectivity index (χ3n) is 6.51. The van der Waals surface area contributed by atoms with E-state index in [9.17, 15) is 9.59 Å². The Morgan fingerprint density at radius 3 is 2.64 bits per heavy atom. The zero-order valence-corrected chi connectivity index (χ0v) is 16.7. The van der Waals surface area contributed by atoms with Gasteiger partial charge >= 0.3 is 0 Å². The van der Waals surface area contributed by atoms with Crippen LogP contribution in [-0.4, -0.2) is 58.8 Å². The highest BCUT2D eigenvalue weighted by Crippen LogP contribution is 2.33. The minimum atomic E-state index is 0.0694. The quantitative estimate of drug-likeness (QED) is 0.817. The van der Waals surface area contributed by atoms with Crippen LogP contribution in [0.1, 0.15) is 50.5 Å². The Balaban J connectivity index is 1.22. The summed E-state index contributed by atoms with van der Waals surface area (Å²) in [6, 6.07) is 4.39. The molecule has 0 unspecified atom stereocenters. The summed E-state index contributed by atoms with van der Waals surface area (Å²) in [5.41, 5.74) is 1.03. The smallest absolute Gasteiger partial charge is 0.224 e. The molecule has 2 amide bonds. The van der Waals surface area contributed by atoms with E-state index >= 15 is 0 Å². The molecule has 4 rings (SSSR count). The second kappa shape index (κ2) is 9.03. The van der Waals surface area contributed by atoms with Crippen molar-refractivity contribution in [3.63, 3.8) is 0 Å². The number of likely N-dealkylation sites (tertiary alicyclic amines) is 2. The summed E-state index contributed by atoms with van der Waals surface area (Å²) in [6.45, 7) is 4.23. The molecule has 28 heavy (non-hydrogen) atoms. The summed E-state index contributed by atoms with van der Waals surface area (Å²) >= 11 is 0. The predicted molar refractivity (Wildman–Crippen MR) is 107 cm³/mol. The maximum atomic E-state index is 12.6. The van der Waals surface area contributed by atoms with Crippen LogP contribution in [0.2, 0.25) is 0 Å². The number of rotatable bonds is 6. The Labute approximate surface area is 167 Å². The minimum Gasteiger partial charge on any atom is -0.352 e. The zero-order valence-electron chi connectivity index (χ0n) is 16.7. The van der Waals surface area contributed by atoms with E-state index in [2.05, 4.69) is 20.1 Å². The molecular formula is C22H32N4O2. The number of carbonyl (C=O) groups excluding carboxylic acids is 2. The lowest BCUT2D eigenvalue weighted by atomic mass is 9.93. The van der Waals surface area contributed by atoms with Crippen LogP contribution >= 0.6 is 0 Å².